The van der Waals surface area contributed by atoms with E-state index < -0.39 is 5.82 Å². The van der Waals surface area contributed by atoms with Gasteiger partial charge in [-0.2, -0.15) is 0 Å². The highest BCUT2D eigenvalue weighted by Gasteiger charge is 2.10. The van der Waals surface area contributed by atoms with Gasteiger partial charge in [0.15, 0.2) is 11.0 Å². The van der Waals surface area contributed by atoms with Gasteiger partial charge in [-0.3, -0.25) is 0 Å². The minimum absolute atomic E-state index is 0.139. The first-order valence-electron chi connectivity index (χ1n) is 5.41. The summed E-state index contributed by atoms with van der Waals surface area (Å²) in [6, 6.07) is 7.55. The van der Waals surface area contributed by atoms with Gasteiger partial charge in [-0.1, -0.05) is 23.7 Å². The number of rotatable bonds is 3. The number of methoxy groups -OCH3 is 1. The molecule has 1 heterocycles. The third-order valence-corrected chi connectivity index (χ3v) is 2.77. The Hall–Kier alpha value is -1.68. The number of aromatic nitrogens is 2. The minimum Gasteiger partial charge on any atom is -0.497 e. The Morgan fingerprint density at radius 3 is 2.78 bits per heavy atom. The van der Waals surface area contributed by atoms with Crippen LogP contribution in [0.3, 0.4) is 0 Å². The molecule has 0 aliphatic heterocycles. The molecule has 1 aromatic carbocycles. The van der Waals surface area contributed by atoms with Crippen molar-refractivity contribution in [2.75, 3.05) is 7.11 Å². The molecular weight excluding hydrogens is 255 g/mol. The first kappa shape index (κ1) is 12.8. The maximum absolute atomic E-state index is 13.3. The summed E-state index contributed by atoms with van der Waals surface area (Å²) >= 11 is 5.69. The number of benzene rings is 1. The van der Waals surface area contributed by atoms with Crippen LogP contribution in [0.5, 0.6) is 5.75 Å². The Kier molecular flexibility index (Phi) is 3.77. The molecule has 0 saturated carbocycles. The van der Waals surface area contributed by atoms with Crippen LogP contribution in [0.25, 0.3) is 0 Å². The molecule has 94 valence electrons. The van der Waals surface area contributed by atoms with Crippen molar-refractivity contribution in [3.8, 4) is 5.75 Å². The van der Waals surface area contributed by atoms with Gasteiger partial charge in [-0.15, -0.1) is 0 Å². The van der Waals surface area contributed by atoms with Crippen LogP contribution >= 0.6 is 11.6 Å². The van der Waals surface area contributed by atoms with Gasteiger partial charge in [0.1, 0.15) is 11.6 Å². The zero-order valence-corrected chi connectivity index (χ0v) is 10.8. The Labute approximate surface area is 110 Å². The smallest absolute Gasteiger partial charge is 0.181 e. The van der Waals surface area contributed by atoms with E-state index in [2.05, 4.69) is 9.97 Å². The predicted octanol–water partition coefficient (Wildman–Crippen LogP) is 3.18. The Bertz CT molecular complexity index is 552. The van der Waals surface area contributed by atoms with Crippen molar-refractivity contribution < 1.29 is 9.13 Å². The number of hydrogen-bond acceptors (Lipinski definition) is 3. The van der Waals surface area contributed by atoms with Crippen molar-refractivity contribution >= 4 is 11.6 Å². The van der Waals surface area contributed by atoms with Gasteiger partial charge in [0.2, 0.25) is 0 Å². The first-order chi connectivity index (χ1) is 8.60. The van der Waals surface area contributed by atoms with Crippen LogP contribution in [-0.2, 0) is 6.42 Å². The first-order valence-corrected chi connectivity index (χ1v) is 5.79. The maximum atomic E-state index is 13.3. The Morgan fingerprint density at radius 2 is 2.11 bits per heavy atom. The van der Waals surface area contributed by atoms with Gasteiger partial charge in [-0.05, 0) is 24.6 Å². The summed E-state index contributed by atoms with van der Waals surface area (Å²) in [6.45, 7) is 1.57. The second-order valence-corrected chi connectivity index (χ2v) is 4.22. The van der Waals surface area contributed by atoms with E-state index in [0.717, 1.165) is 11.3 Å². The highest BCUT2D eigenvalue weighted by atomic mass is 35.5. The van der Waals surface area contributed by atoms with Gasteiger partial charge in [0, 0.05) is 6.42 Å². The lowest BCUT2D eigenvalue weighted by Gasteiger charge is -2.05. The highest BCUT2D eigenvalue weighted by Crippen LogP contribution is 2.18. The fraction of sp³-hybridized carbons (Fsp3) is 0.231. The average Bonchev–Trinajstić information content (AvgIpc) is 2.36. The van der Waals surface area contributed by atoms with Crippen molar-refractivity contribution in [1.29, 1.82) is 0 Å². The summed E-state index contributed by atoms with van der Waals surface area (Å²) in [7, 11) is 1.61. The Balaban J connectivity index is 2.28. The molecule has 0 bridgehead atoms. The molecule has 0 saturated heterocycles. The number of ether oxygens (including phenoxy) is 1. The van der Waals surface area contributed by atoms with E-state index in [1.165, 1.54) is 0 Å². The molecule has 18 heavy (non-hydrogen) atoms. The van der Waals surface area contributed by atoms with E-state index in [-0.39, 0.29) is 10.8 Å². The van der Waals surface area contributed by atoms with Gasteiger partial charge < -0.3 is 4.74 Å². The summed E-state index contributed by atoms with van der Waals surface area (Å²) in [5.41, 5.74) is 1.24. The standard InChI is InChI=1S/C13H12ClFN2O/c1-8-12(15)13(14)17-11(16-8)7-9-4-3-5-10(6-9)18-2/h3-6H,7H2,1-2H3. The molecule has 0 N–H and O–H groups in total. The zero-order chi connectivity index (χ0) is 13.1. The SMILES string of the molecule is COc1cccc(Cc2nc(C)c(F)c(Cl)n2)c1. The monoisotopic (exact) mass is 266 g/mol. The molecule has 0 unspecified atom stereocenters. The zero-order valence-electron chi connectivity index (χ0n) is 10.1. The van der Waals surface area contributed by atoms with Crippen LogP contribution in [0.1, 0.15) is 17.1 Å². The van der Waals surface area contributed by atoms with Crippen LogP contribution in [0.2, 0.25) is 5.15 Å². The normalized spacial score (nSPS) is 10.4. The van der Waals surface area contributed by atoms with Crippen LogP contribution in [-0.4, -0.2) is 17.1 Å². The highest BCUT2D eigenvalue weighted by molar-refractivity contribution is 6.29. The number of nitrogens with zero attached hydrogens (tertiary/aromatic N) is 2. The molecule has 2 aromatic rings. The lowest BCUT2D eigenvalue weighted by Crippen LogP contribution is -2.02. The average molecular weight is 267 g/mol. The van der Waals surface area contributed by atoms with Crippen LogP contribution in [0.4, 0.5) is 4.39 Å². The van der Waals surface area contributed by atoms with Crippen LogP contribution < -0.4 is 4.74 Å². The van der Waals surface area contributed by atoms with E-state index in [9.17, 15) is 4.39 Å². The number of hydrogen-bond donors (Lipinski definition) is 0. The summed E-state index contributed by atoms with van der Waals surface area (Å²) in [4.78, 5) is 8.00. The van der Waals surface area contributed by atoms with E-state index in [1.807, 2.05) is 24.3 Å². The quantitative estimate of drug-likeness (QED) is 0.801. The van der Waals surface area contributed by atoms with Crippen LogP contribution in [0, 0.1) is 12.7 Å². The largest absolute Gasteiger partial charge is 0.497 e. The van der Waals surface area contributed by atoms with Crippen molar-refractivity contribution in [2.24, 2.45) is 0 Å². The molecular formula is C13H12ClFN2O. The third kappa shape index (κ3) is 2.76. The van der Waals surface area contributed by atoms with Gasteiger partial charge in [-0.25, -0.2) is 14.4 Å². The molecule has 3 nitrogen and oxygen atoms in total. The van der Waals surface area contributed by atoms with E-state index in [1.54, 1.807) is 14.0 Å². The molecule has 0 atom stereocenters. The van der Waals surface area contributed by atoms with Crippen molar-refractivity contribution in [1.82, 2.24) is 9.97 Å². The second kappa shape index (κ2) is 5.31. The predicted molar refractivity (Wildman–Crippen MR) is 67.5 cm³/mol. The number of aryl methyl sites for hydroxylation is 1. The van der Waals surface area contributed by atoms with Crippen LogP contribution in [0.15, 0.2) is 24.3 Å². The van der Waals surface area contributed by atoms with Crippen molar-refractivity contribution in [2.45, 2.75) is 13.3 Å². The van der Waals surface area contributed by atoms with Crippen molar-refractivity contribution in [3.05, 3.63) is 52.3 Å². The number of halogens is 2. The van der Waals surface area contributed by atoms with Crippen molar-refractivity contribution in [3.63, 3.8) is 0 Å². The van der Waals surface area contributed by atoms with E-state index in [4.69, 9.17) is 16.3 Å². The molecule has 2 rings (SSSR count). The summed E-state index contributed by atoms with van der Waals surface area (Å²) in [5.74, 6) is 0.690. The fourth-order valence-electron chi connectivity index (χ4n) is 1.62. The molecule has 0 radical (unpaired) electrons. The molecule has 0 amide bonds. The minimum atomic E-state index is -0.564. The molecule has 0 spiro atoms. The Morgan fingerprint density at radius 1 is 1.33 bits per heavy atom. The van der Waals surface area contributed by atoms with Gasteiger partial charge in [0.05, 0.1) is 12.8 Å². The molecule has 0 fully saturated rings. The molecule has 0 aliphatic carbocycles. The summed E-state index contributed by atoms with van der Waals surface area (Å²) < 4.78 is 18.4. The molecule has 0 aliphatic rings. The third-order valence-electron chi connectivity index (χ3n) is 2.52. The second-order valence-electron chi connectivity index (χ2n) is 3.86. The van der Waals surface area contributed by atoms with E-state index >= 15 is 0 Å². The fourth-order valence-corrected chi connectivity index (χ4v) is 1.86. The molecule has 5 heteroatoms. The van der Waals surface area contributed by atoms with E-state index in [0.29, 0.717) is 12.2 Å². The molecule has 1 aromatic heterocycles. The summed E-state index contributed by atoms with van der Waals surface area (Å²) in [6.07, 6.45) is 0.484. The maximum Gasteiger partial charge on any atom is 0.181 e. The summed E-state index contributed by atoms with van der Waals surface area (Å²) in [5, 5.41) is -0.139. The van der Waals surface area contributed by atoms with Gasteiger partial charge in [0.25, 0.3) is 0 Å². The lowest BCUT2D eigenvalue weighted by molar-refractivity contribution is 0.414. The topological polar surface area (TPSA) is 35.0 Å². The van der Waals surface area contributed by atoms with Gasteiger partial charge >= 0.3 is 0 Å². The lowest BCUT2D eigenvalue weighted by atomic mass is 10.1.